The number of benzene rings is 2. The molecule has 1 atom stereocenters. The maximum absolute atomic E-state index is 12.6. The van der Waals surface area contributed by atoms with E-state index in [2.05, 4.69) is 26.8 Å². The van der Waals surface area contributed by atoms with E-state index < -0.39 is 6.09 Å². The lowest BCUT2D eigenvalue weighted by Gasteiger charge is -2.26. The Morgan fingerprint density at radius 1 is 1.04 bits per heavy atom. The predicted molar refractivity (Wildman–Crippen MR) is 92.0 cm³/mol. The first-order valence-electron chi connectivity index (χ1n) is 7.74. The van der Waals surface area contributed by atoms with Gasteiger partial charge in [0.25, 0.3) is 0 Å². The number of anilines is 2. The highest BCUT2D eigenvalue weighted by molar-refractivity contribution is 5.96. The van der Waals surface area contributed by atoms with Crippen molar-refractivity contribution in [1.29, 1.82) is 0 Å². The van der Waals surface area contributed by atoms with Gasteiger partial charge in [-0.25, -0.2) is 4.79 Å². The minimum absolute atomic E-state index is 0.101. The summed E-state index contributed by atoms with van der Waals surface area (Å²) in [7, 11) is 1.30. The fourth-order valence-corrected chi connectivity index (χ4v) is 2.76. The van der Waals surface area contributed by atoms with Gasteiger partial charge in [0, 0.05) is 17.9 Å². The molecule has 3 N–H and O–H groups in total. The monoisotopic (exact) mass is 325 g/mol. The minimum atomic E-state index is -0.533. The van der Waals surface area contributed by atoms with Gasteiger partial charge in [-0.05, 0) is 41.8 Å². The predicted octanol–water partition coefficient (Wildman–Crippen LogP) is 2.69. The molecule has 6 heteroatoms. The Bertz CT molecular complexity index is 743. The molecule has 6 nitrogen and oxygen atoms in total. The molecule has 2 aromatic rings. The molecule has 0 fully saturated rings. The van der Waals surface area contributed by atoms with Crippen LogP contribution < -0.4 is 16.0 Å². The molecule has 0 aliphatic carbocycles. The summed E-state index contributed by atoms with van der Waals surface area (Å²) in [6.07, 6.45) is 0.392. The summed E-state index contributed by atoms with van der Waals surface area (Å²) in [4.78, 5) is 23.7. The number of carbonyl (C=O) groups excluding carboxylic acids is 2. The maximum Gasteiger partial charge on any atom is 0.411 e. The smallest absolute Gasteiger partial charge is 0.411 e. The van der Waals surface area contributed by atoms with Crippen LogP contribution in [0.3, 0.4) is 0 Å². The summed E-state index contributed by atoms with van der Waals surface area (Å²) in [5, 5.41) is 8.72. The normalized spacial score (nSPS) is 16.0. The van der Waals surface area contributed by atoms with Crippen LogP contribution in [-0.4, -0.2) is 25.7 Å². The number of methoxy groups -OCH3 is 1. The second-order valence-electron chi connectivity index (χ2n) is 5.52. The molecule has 0 aromatic heterocycles. The van der Waals surface area contributed by atoms with Crippen molar-refractivity contribution in [2.24, 2.45) is 0 Å². The fourth-order valence-electron chi connectivity index (χ4n) is 2.76. The lowest BCUT2D eigenvalue weighted by atomic mass is 9.94. The van der Waals surface area contributed by atoms with Crippen LogP contribution >= 0.6 is 0 Å². The molecule has 1 unspecified atom stereocenters. The Hall–Kier alpha value is -2.86. The quantitative estimate of drug-likeness (QED) is 0.810. The molecular weight excluding hydrogens is 306 g/mol. The van der Waals surface area contributed by atoms with Gasteiger partial charge in [0.2, 0.25) is 5.91 Å². The van der Waals surface area contributed by atoms with Crippen molar-refractivity contribution in [2.75, 3.05) is 24.3 Å². The number of amides is 2. The third-order valence-corrected chi connectivity index (χ3v) is 3.96. The van der Waals surface area contributed by atoms with Crippen molar-refractivity contribution in [3.05, 3.63) is 59.7 Å². The van der Waals surface area contributed by atoms with E-state index in [0.717, 1.165) is 18.5 Å². The third kappa shape index (κ3) is 3.55. The number of hydrogen-bond acceptors (Lipinski definition) is 4. The van der Waals surface area contributed by atoms with Crippen molar-refractivity contribution in [3.63, 3.8) is 0 Å². The SMILES string of the molecule is COC(=O)Nc1ccc(NC(=O)C2NCCc3ccccc32)cc1. The molecule has 0 spiro atoms. The molecule has 24 heavy (non-hydrogen) atoms. The van der Waals surface area contributed by atoms with Crippen molar-refractivity contribution in [2.45, 2.75) is 12.5 Å². The lowest BCUT2D eigenvalue weighted by molar-refractivity contribution is -0.118. The Kier molecular flexibility index (Phi) is 4.77. The lowest BCUT2D eigenvalue weighted by Crippen LogP contribution is -2.38. The van der Waals surface area contributed by atoms with Gasteiger partial charge in [-0.3, -0.25) is 10.1 Å². The van der Waals surface area contributed by atoms with Gasteiger partial charge >= 0.3 is 6.09 Å². The van der Waals surface area contributed by atoms with Gasteiger partial charge in [-0.2, -0.15) is 0 Å². The fraction of sp³-hybridized carbons (Fsp3) is 0.222. The van der Waals surface area contributed by atoms with Gasteiger partial charge in [-0.15, -0.1) is 0 Å². The Morgan fingerprint density at radius 3 is 2.42 bits per heavy atom. The van der Waals surface area contributed by atoms with Crippen LogP contribution in [0.1, 0.15) is 17.2 Å². The molecular formula is C18H19N3O3. The number of ether oxygens (including phenoxy) is 1. The average Bonchev–Trinajstić information content (AvgIpc) is 2.62. The van der Waals surface area contributed by atoms with Crippen LogP contribution in [0.25, 0.3) is 0 Å². The average molecular weight is 325 g/mol. The Labute approximate surface area is 140 Å². The molecule has 3 rings (SSSR count). The molecule has 124 valence electrons. The van der Waals surface area contributed by atoms with E-state index in [1.165, 1.54) is 12.7 Å². The van der Waals surface area contributed by atoms with E-state index in [-0.39, 0.29) is 11.9 Å². The number of fused-ring (bicyclic) bond motifs is 1. The van der Waals surface area contributed by atoms with Gasteiger partial charge in [-0.1, -0.05) is 24.3 Å². The number of rotatable bonds is 3. The van der Waals surface area contributed by atoms with Crippen LogP contribution in [0.5, 0.6) is 0 Å². The van der Waals surface area contributed by atoms with Gasteiger partial charge in [0.15, 0.2) is 0 Å². The Morgan fingerprint density at radius 2 is 1.71 bits per heavy atom. The largest absolute Gasteiger partial charge is 0.453 e. The van der Waals surface area contributed by atoms with Crippen molar-refractivity contribution < 1.29 is 14.3 Å². The first-order chi connectivity index (χ1) is 11.7. The second-order valence-corrected chi connectivity index (χ2v) is 5.52. The number of nitrogens with one attached hydrogen (secondary N) is 3. The molecule has 2 aromatic carbocycles. The van der Waals surface area contributed by atoms with E-state index in [4.69, 9.17) is 0 Å². The molecule has 1 aliphatic rings. The summed E-state index contributed by atoms with van der Waals surface area (Å²) >= 11 is 0. The van der Waals surface area contributed by atoms with E-state index in [9.17, 15) is 9.59 Å². The van der Waals surface area contributed by atoms with Crippen molar-refractivity contribution >= 4 is 23.4 Å². The highest BCUT2D eigenvalue weighted by atomic mass is 16.5. The topological polar surface area (TPSA) is 79.5 Å². The number of carbonyl (C=O) groups is 2. The summed E-state index contributed by atoms with van der Waals surface area (Å²) in [5.74, 6) is -0.101. The van der Waals surface area contributed by atoms with E-state index in [1.54, 1.807) is 24.3 Å². The minimum Gasteiger partial charge on any atom is -0.453 e. The summed E-state index contributed by atoms with van der Waals surface area (Å²) in [6, 6.07) is 14.5. The standard InChI is InChI=1S/C18H19N3O3/c1-24-18(23)21-14-8-6-13(7-9-14)20-17(22)16-15-5-3-2-4-12(15)10-11-19-16/h2-9,16,19H,10-11H2,1H3,(H,20,22)(H,21,23). The Balaban J connectivity index is 1.68. The highest BCUT2D eigenvalue weighted by Crippen LogP contribution is 2.24. The molecule has 1 heterocycles. The van der Waals surface area contributed by atoms with Crippen LogP contribution in [-0.2, 0) is 16.0 Å². The molecule has 2 amide bonds. The van der Waals surface area contributed by atoms with E-state index in [1.807, 2.05) is 18.2 Å². The van der Waals surface area contributed by atoms with Crippen LogP contribution in [0.4, 0.5) is 16.2 Å². The van der Waals surface area contributed by atoms with Gasteiger partial charge < -0.3 is 15.4 Å². The third-order valence-electron chi connectivity index (χ3n) is 3.96. The molecule has 0 radical (unpaired) electrons. The highest BCUT2D eigenvalue weighted by Gasteiger charge is 2.25. The van der Waals surface area contributed by atoms with Crippen molar-refractivity contribution in [1.82, 2.24) is 5.32 Å². The zero-order valence-electron chi connectivity index (χ0n) is 13.3. The maximum atomic E-state index is 12.6. The zero-order valence-corrected chi connectivity index (χ0v) is 13.3. The van der Waals surface area contributed by atoms with Gasteiger partial charge in [0.05, 0.1) is 7.11 Å². The summed E-state index contributed by atoms with van der Waals surface area (Å²) < 4.78 is 4.53. The first-order valence-corrected chi connectivity index (χ1v) is 7.74. The zero-order chi connectivity index (χ0) is 16.9. The molecule has 1 aliphatic heterocycles. The first kappa shape index (κ1) is 16.0. The van der Waals surface area contributed by atoms with Crippen molar-refractivity contribution in [3.8, 4) is 0 Å². The number of hydrogen-bond donors (Lipinski definition) is 3. The van der Waals surface area contributed by atoms with Crippen LogP contribution in [0.15, 0.2) is 48.5 Å². The summed E-state index contributed by atoms with van der Waals surface area (Å²) in [5.41, 5.74) is 3.49. The molecule has 0 saturated heterocycles. The van der Waals surface area contributed by atoms with Crippen LogP contribution in [0, 0.1) is 0 Å². The molecule has 0 saturated carbocycles. The van der Waals surface area contributed by atoms with Crippen LogP contribution in [0.2, 0.25) is 0 Å². The van der Waals surface area contributed by atoms with Gasteiger partial charge in [0.1, 0.15) is 6.04 Å². The summed E-state index contributed by atoms with van der Waals surface area (Å²) in [6.45, 7) is 0.775. The molecule has 0 bridgehead atoms. The van der Waals surface area contributed by atoms with E-state index >= 15 is 0 Å². The second kappa shape index (κ2) is 7.14. The van der Waals surface area contributed by atoms with E-state index in [0.29, 0.717) is 11.4 Å².